The third-order valence-corrected chi connectivity index (χ3v) is 5.25. The van der Waals surface area contributed by atoms with Crippen molar-refractivity contribution in [3.8, 4) is 0 Å². The van der Waals surface area contributed by atoms with E-state index in [0.717, 1.165) is 27.9 Å². The third-order valence-electron chi connectivity index (χ3n) is 3.26. The van der Waals surface area contributed by atoms with Gasteiger partial charge in [0.2, 0.25) is 0 Å². The summed E-state index contributed by atoms with van der Waals surface area (Å²) in [5, 5.41) is 6.09. The molecule has 0 saturated heterocycles. The predicted octanol–water partition coefficient (Wildman–Crippen LogP) is 2.97. The Labute approximate surface area is 134 Å². The lowest BCUT2D eigenvalue weighted by Gasteiger charge is -2.23. The summed E-state index contributed by atoms with van der Waals surface area (Å²) in [6, 6.07) is 4.43. The van der Waals surface area contributed by atoms with Crippen LogP contribution in [0.4, 0.5) is 0 Å². The first-order valence-corrected chi connectivity index (χ1v) is 9.58. The molecule has 1 aromatic heterocycles. The van der Waals surface area contributed by atoms with E-state index in [9.17, 15) is 0 Å². The first kappa shape index (κ1) is 15.4. The van der Waals surface area contributed by atoms with Crippen molar-refractivity contribution >= 4 is 52.8 Å². The number of hydrogen-bond donors (Lipinski definition) is 1. The molecular formula is C12H16ClIN4S. The lowest BCUT2D eigenvalue weighted by Crippen LogP contribution is -2.36. The van der Waals surface area contributed by atoms with Gasteiger partial charge < -0.3 is 10.6 Å². The monoisotopic (exact) mass is 410 g/mol. The van der Waals surface area contributed by atoms with Gasteiger partial charge in [-0.2, -0.15) is 9.19 Å². The SMILES string of the molecule is CN(C)[C@H](CN)Cc1ccc2c(cnn2SI)c1Cl. The number of likely N-dealkylation sites (N-methyl/N-ethyl adjacent to an activating group) is 1. The summed E-state index contributed by atoms with van der Waals surface area (Å²) >= 11 is 8.70. The Kier molecular flexibility index (Phi) is 5.36. The quantitative estimate of drug-likeness (QED) is 0.770. The van der Waals surface area contributed by atoms with Crippen LogP contribution in [-0.4, -0.2) is 40.8 Å². The zero-order chi connectivity index (χ0) is 14.0. The first-order chi connectivity index (χ1) is 9.08. The Morgan fingerprint density at radius 3 is 2.84 bits per heavy atom. The Hall–Kier alpha value is -0.0200. The van der Waals surface area contributed by atoms with Gasteiger partial charge in [-0.25, -0.2) is 0 Å². The highest BCUT2D eigenvalue weighted by Gasteiger charge is 2.15. The van der Waals surface area contributed by atoms with Gasteiger partial charge in [0.15, 0.2) is 0 Å². The highest BCUT2D eigenvalue weighted by molar-refractivity contribution is 14.2. The van der Waals surface area contributed by atoms with E-state index in [1.807, 2.05) is 24.4 Å². The molecular weight excluding hydrogens is 395 g/mol. The van der Waals surface area contributed by atoms with Crippen molar-refractivity contribution in [1.82, 2.24) is 14.1 Å². The summed E-state index contributed by atoms with van der Waals surface area (Å²) in [6.45, 7) is 0.615. The zero-order valence-electron chi connectivity index (χ0n) is 10.8. The molecule has 0 radical (unpaired) electrons. The van der Waals surface area contributed by atoms with E-state index in [1.165, 1.54) is 9.12 Å². The van der Waals surface area contributed by atoms with E-state index in [4.69, 9.17) is 17.3 Å². The van der Waals surface area contributed by atoms with Gasteiger partial charge in [0.1, 0.15) is 0 Å². The summed E-state index contributed by atoms with van der Waals surface area (Å²) in [4.78, 5) is 2.13. The summed E-state index contributed by atoms with van der Waals surface area (Å²) in [5.74, 6) is 0. The molecule has 0 unspecified atom stereocenters. The summed E-state index contributed by atoms with van der Waals surface area (Å²) in [6.07, 6.45) is 2.67. The second kappa shape index (κ2) is 6.62. The van der Waals surface area contributed by atoms with Gasteiger partial charge in [0.25, 0.3) is 0 Å². The van der Waals surface area contributed by atoms with Crippen LogP contribution in [0, 0.1) is 0 Å². The molecule has 0 aliphatic carbocycles. The molecule has 1 atom stereocenters. The normalized spacial score (nSPS) is 13.4. The van der Waals surface area contributed by atoms with Crippen LogP contribution in [0.2, 0.25) is 5.02 Å². The zero-order valence-corrected chi connectivity index (χ0v) is 14.5. The van der Waals surface area contributed by atoms with E-state index in [0.29, 0.717) is 12.6 Å². The molecule has 1 heterocycles. The molecule has 0 aliphatic rings. The molecule has 0 saturated carbocycles. The van der Waals surface area contributed by atoms with E-state index in [1.54, 1.807) is 0 Å². The van der Waals surface area contributed by atoms with Gasteiger partial charge >= 0.3 is 0 Å². The van der Waals surface area contributed by atoms with Crippen molar-refractivity contribution in [3.05, 3.63) is 28.9 Å². The van der Waals surface area contributed by atoms with Gasteiger partial charge in [0, 0.05) is 48.3 Å². The number of hydrogen-bond acceptors (Lipinski definition) is 4. The molecule has 2 rings (SSSR count). The highest BCUT2D eigenvalue weighted by atomic mass is 127. The first-order valence-electron chi connectivity index (χ1n) is 5.89. The molecule has 1 aromatic carbocycles. The molecule has 2 aromatic rings. The van der Waals surface area contributed by atoms with Crippen molar-refractivity contribution in [3.63, 3.8) is 0 Å². The fourth-order valence-electron chi connectivity index (χ4n) is 2.03. The minimum atomic E-state index is 0.295. The summed E-state index contributed by atoms with van der Waals surface area (Å²) < 4.78 is 1.86. The molecule has 4 nitrogen and oxygen atoms in total. The molecule has 19 heavy (non-hydrogen) atoms. The third kappa shape index (κ3) is 3.18. The van der Waals surface area contributed by atoms with Crippen LogP contribution in [0.1, 0.15) is 5.56 Å². The fourth-order valence-corrected chi connectivity index (χ4v) is 3.58. The fraction of sp³-hybridized carbons (Fsp3) is 0.417. The average molecular weight is 411 g/mol. The van der Waals surface area contributed by atoms with E-state index in [2.05, 4.69) is 43.3 Å². The number of aromatic nitrogens is 2. The minimum Gasteiger partial charge on any atom is -0.329 e. The van der Waals surface area contributed by atoms with Crippen LogP contribution in [0.3, 0.4) is 0 Å². The van der Waals surface area contributed by atoms with Crippen LogP contribution in [0.15, 0.2) is 18.3 Å². The molecule has 7 heteroatoms. The minimum absolute atomic E-state index is 0.295. The topological polar surface area (TPSA) is 47.1 Å². The van der Waals surface area contributed by atoms with Gasteiger partial charge in [0.05, 0.1) is 16.7 Å². The van der Waals surface area contributed by atoms with Crippen molar-refractivity contribution < 1.29 is 0 Å². The maximum Gasteiger partial charge on any atom is 0.0835 e. The second-order valence-electron chi connectivity index (χ2n) is 4.62. The van der Waals surface area contributed by atoms with Crippen LogP contribution < -0.4 is 5.73 Å². The maximum atomic E-state index is 6.49. The number of nitrogens with zero attached hydrogens (tertiary/aromatic N) is 3. The van der Waals surface area contributed by atoms with Gasteiger partial charge in [-0.15, -0.1) is 0 Å². The molecule has 0 aliphatic heterocycles. The van der Waals surface area contributed by atoms with Crippen LogP contribution >= 0.6 is 41.9 Å². The lowest BCUT2D eigenvalue weighted by atomic mass is 10.0. The standard InChI is InChI=1S/C12H16ClIN4S/c1-17(2)9(6-15)5-8-3-4-11-10(12(8)13)7-16-18(11)19-14/h3-4,7,9H,5-6,15H2,1-2H3/t9-/m0/s1. The van der Waals surface area contributed by atoms with E-state index >= 15 is 0 Å². The molecule has 2 N–H and O–H groups in total. The molecule has 0 bridgehead atoms. The Bertz CT molecular complexity index is 572. The Balaban J connectivity index is 2.37. The Morgan fingerprint density at radius 1 is 1.53 bits per heavy atom. The van der Waals surface area contributed by atoms with E-state index < -0.39 is 0 Å². The number of nitrogens with two attached hydrogens (primary N) is 1. The number of benzene rings is 1. The van der Waals surface area contributed by atoms with Crippen LogP contribution in [0.5, 0.6) is 0 Å². The molecule has 0 fully saturated rings. The molecule has 104 valence electrons. The molecule has 0 amide bonds. The second-order valence-corrected chi connectivity index (χ2v) is 6.66. The molecule has 0 spiro atoms. The number of rotatable bonds is 5. The van der Waals surface area contributed by atoms with Crippen molar-refractivity contribution in [1.29, 1.82) is 0 Å². The van der Waals surface area contributed by atoms with Gasteiger partial charge in [-0.05, 0) is 32.1 Å². The van der Waals surface area contributed by atoms with Crippen molar-refractivity contribution in [2.45, 2.75) is 12.5 Å². The number of fused-ring (bicyclic) bond motifs is 1. The largest absolute Gasteiger partial charge is 0.329 e. The van der Waals surface area contributed by atoms with E-state index in [-0.39, 0.29) is 0 Å². The van der Waals surface area contributed by atoms with Crippen LogP contribution in [-0.2, 0) is 6.42 Å². The Morgan fingerprint density at radius 2 is 2.26 bits per heavy atom. The van der Waals surface area contributed by atoms with Crippen molar-refractivity contribution in [2.24, 2.45) is 5.73 Å². The summed E-state index contributed by atoms with van der Waals surface area (Å²) in [5.41, 5.74) is 7.97. The maximum absolute atomic E-state index is 6.49. The van der Waals surface area contributed by atoms with Gasteiger partial charge in [-0.3, -0.25) is 0 Å². The summed E-state index contributed by atoms with van der Waals surface area (Å²) in [7, 11) is 5.60. The lowest BCUT2D eigenvalue weighted by molar-refractivity contribution is 0.298. The highest BCUT2D eigenvalue weighted by Crippen LogP contribution is 2.31. The van der Waals surface area contributed by atoms with Crippen LogP contribution in [0.25, 0.3) is 10.9 Å². The smallest absolute Gasteiger partial charge is 0.0835 e. The number of halogens is 2. The average Bonchev–Trinajstić information content (AvgIpc) is 2.81. The van der Waals surface area contributed by atoms with Gasteiger partial charge in [-0.1, -0.05) is 17.7 Å². The predicted molar refractivity (Wildman–Crippen MR) is 92.0 cm³/mol. The van der Waals surface area contributed by atoms with Crippen molar-refractivity contribution in [2.75, 3.05) is 20.6 Å².